The van der Waals surface area contributed by atoms with Crippen molar-refractivity contribution >= 4 is 13.7 Å². The van der Waals surface area contributed by atoms with Gasteiger partial charge in [0.1, 0.15) is 13.2 Å². The van der Waals surface area contributed by atoms with Crippen molar-refractivity contribution in [1.82, 2.24) is 5.32 Å². The van der Waals surface area contributed by atoms with Crippen LogP contribution in [0.4, 0.5) is 0 Å². The smallest absolute Gasteiger partial charge is 0.268 e. The minimum Gasteiger partial charge on any atom is -0.756 e. The van der Waals surface area contributed by atoms with Gasteiger partial charge in [-0.1, -0.05) is 309 Å². The van der Waals surface area contributed by atoms with Crippen LogP contribution in [0, 0.1) is 0 Å². The fourth-order valence-corrected chi connectivity index (χ4v) is 10.2. The maximum atomic E-state index is 13.0. The number of likely N-dealkylation sites (N-methyl/N-ethyl adjacent to an activating group) is 1. The predicted octanol–water partition coefficient (Wildman–Crippen LogP) is 21.0. The number of phosphoric acid groups is 1. The molecule has 2 N–H and O–H groups in total. The Bertz CT molecular complexity index is 1750. The van der Waals surface area contributed by atoms with Crippen LogP contribution in [0.5, 0.6) is 0 Å². The zero-order valence-corrected chi connectivity index (χ0v) is 54.8. The van der Waals surface area contributed by atoms with Gasteiger partial charge < -0.3 is 28.8 Å². The molecule has 0 fully saturated rings. The predicted molar refractivity (Wildman–Crippen MR) is 357 cm³/mol. The number of carbonyl (C=O) groups is 1. The van der Waals surface area contributed by atoms with Crippen LogP contribution >= 0.6 is 7.82 Å². The highest BCUT2D eigenvalue weighted by atomic mass is 31.2. The summed E-state index contributed by atoms with van der Waals surface area (Å²) in [4.78, 5) is 25.6. The lowest BCUT2D eigenvalue weighted by Crippen LogP contribution is -2.45. The molecule has 0 aliphatic heterocycles. The number of hydrogen-bond acceptors (Lipinski definition) is 6. The molecule has 0 radical (unpaired) electrons. The highest BCUT2D eigenvalue weighted by Crippen LogP contribution is 2.38. The Kier molecular flexibility index (Phi) is 60.1. The van der Waals surface area contributed by atoms with E-state index in [0.29, 0.717) is 17.4 Å². The molecule has 0 saturated heterocycles. The zero-order valence-electron chi connectivity index (χ0n) is 53.9. The second kappa shape index (κ2) is 62.4. The molecular formula is C73H129N2O6P. The average molecular weight is 1160 g/mol. The van der Waals surface area contributed by atoms with E-state index in [2.05, 4.69) is 129 Å². The highest BCUT2D eigenvalue weighted by molar-refractivity contribution is 7.45. The normalized spacial score (nSPS) is 14.5. The Hall–Kier alpha value is -3.10. The molecule has 0 rings (SSSR count). The molecule has 0 aromatic carbocycles. The molecule has 0 bridgehead atoms. The van der Waals surface area contributed by atoms with Gasteiger partial charge in [0.2, 0.25) is 5.91 Å². The minimum absolute atomic E-state index is 0.00895. The van der Waals surface area contributed by atoms with E-state index in [9.17, 15) is 19.4 Å². The molecule has 0 aromatic heterocycles. The van der Waals surface area contributed by atoms with E-state index in [-0.39, 0.29) is 12.5 Å². The molecule has 0 saturated carbocycles. The van der Waals surface area contributed by atoms with Crippen LogP contribution in [0.25, 0.3) is 0 Å². The fourth-order valence-electron chi connectivity index (χ4n) is 9.44. The number of hydrogen-bond donors (Lipinski definition) is 2. The van der Waals surface area contributed by atoms with E-state index < -0.39 is 26.6 Å². The average Bonchev–Trinajstić information content (AvgIpc) is 3.45. The van der Waals surface area contributed by atoms with E-state index in [1.807, 2.05) is 27.2 Å². The lowest BCUT2D eigenvalue weighted by molar-refractivity contribution is -0.870. The van der Waals surface area contributed by atoms with Crippen molar-refractivity contribution in [3.63, 3.8) is 0 Å². The van der Waals surface area contributed by atoms with Gasteiger partial charge in [0.15, 0.2) is 0 Å². The van der Waals surface area contributed by atoms with Crippen molar-refractivity contribution in [2.75, 3.05) is 40.9 Å². The Morgan fingerprint density at radius 3 is 1.09 bits per heavy atom. The van der Waals surface area contributed by atoms with Gasteiger partial charge in [-0.3, -0.25) is 9.36 Å². The first-order valence-electron chi connectivity index (χ1n) is 33.9. The molecule has 0 aliphatic carbocycles. The molecule has 82 heavy (non-hydrogen) atoms. The summed E-state index contributed by atoms with van der Waals surface area (Å²) in [5, 5.41) is 13.9. The molecule has 3 unspecified atom stereocenters. The van der Waals surface area contributed by atoms with Gasteiger partial charge >= 0.3 is 0 Å². The maximum Gasteiger partial charge on any atom is 0.268 e. The van der Waals surface area contributed by atoms with Gasteiger partial charge in [0, 0.05) is 6.42 Å². The number of nitrogens with one attached hydrogen (secondary N) is 1. The summed E-state index contributed by atoms with van der Waals surface area (Å²) in [6.07, 6.45) is 93.0. The van der Waals surface area contributed by atoms with Gasteiger partial charge in [-0.05, 0) is 89.9 Å². The van der Waals surface area contributed by atoms with Gasteiger partial charge in [-0.2, -0.15) is 0 Å². The first-order valence-corrected chi connectivity index (χ1v) is 35.4. The van der Waals surface area contributed by atoms with Crippen molar-refractivity contribution in [3.05, 3.63) is 122 Å². The standard InChI is InChI=1S/C73H129N2O6P/c1-6-8-10-12-14-16-18-20-22-24-26-28-30-32-33-34-35-36-37-38-39-40-41-43-45-47-49-51-53-55-57-59-61-63-65-67-73(77)74-71(70-81-82(78,79)80-69-68-75(3,4)5)72(76)66-64-62-60-58-56-54-52-50-48-46-44-42-31-29-27-25-23-21-19-17-15-13-11-9-7-2/h8,10,14,16,20,22,26,28,32-33,35-36,38-39,41,43,47,49,64,66,71-72,76H,6-7,9,11-13,15,17-19,21,23-25,27,29-31,34,37,40,42,44-46,48,50-63,65,67-70H2,1-5H3,(H-,74,77,78,79)/b10-8-,16-14-,22-20-,28-26-,33-32-,36-35-,39-38-,43-41-,49-47-,66-64+. The number of phosphoric ester groups is 1. The third-order valence-corrected chi connectivity index (χ3v) is 15.6. The molecule has 0 aliphatic rings. The summed E-state index contributed by atoms with van der Waals surface area (Å²) in [6, 6.07) is -0.903. The third kappa shape index (κ3) is 64.5. The van der Waals surface area contributed by atoms with Gasteiger partial charge in [0.05, 0.1) is 39.9 Å². The van der Waals surface area contributed by atoms with Crippen LogP contribution in [0.15, 0.2) is 122 Å². The highest BCUT2D eigenvalue weighted by Gasteiger charge is 2.23. The Morgan fingerprint density at radius 2 is 0.744 bits per heavy atom. The second-order valence-electron chi connectivity index (χ2n) is 23.8. The molecule has 8 nitrogen and oxygen atoms in total. The largest absolute Gasteiger partial charge is 0.756 e. The van der Waals surface area contributed by atoms with Crippen molar-refractivity contribution in [3.8, 4) is 0 Å². The Labute approximate surface area is 507 Å². The third-order valence-electron chi connectivity index (χ3n) is 14.7. The maximum absolute atomic E-state index is 13.0. The zero-order chi connectivity index (χ0) is 59.8. The minimum atomic E-state index is -4.61. The lowest BCUT2D eigenvalue weighted by Gasteiger charge is -2.29. The topological polar surface area (TPSA) is 108 Å². The summed E-state index contributed by atoms with van der Waals surface area (Å²) in [5.74, 6) is -0.211. The number of allylic oxidation sites excluding steroid dienone is 19. The number of aliphatic hydroxyl groups is 1. The second-order valence-corrected chi connectivity index (χ2v) is 25.2. The number of aliphatic hydroxyl groups excluding tert-OH is 1. The van der Waals surface area contributed by atoms with E-state index >= 15 is 0 Å². The van der Waals surface area contributed by atoms with E-state index in [4.69, 9.17) is 9.05 Å². The van der Waals surface area contributed by atoms with E-state index in [1.165, 1.54) is 154 Å². The van der Waals surface area contributed by atoms with Crippen molar-refractivity contribution < 1.29 is 32.9 Å². The van der Waals surface area contributed by atoms with Crippen LogP contribution in [-0.4, -0.2) is 68.5 Å². The number of nitrogens with zero attached hydrogens (tertiary/aromatic N) is 1. The molecule has 9 heteroatoms. The monoisotopic (exact) mass is 1160 g/mol. The van der Waals surface area contributed by atoms with Crippen molar-refractivity contribution in [1.29, 1.82) is 0 Å². The number of rotatable bonds is 61. The van der Waals surface area contributed by atoms with E-state index in [1.54, 1.807) is 6.08 Å². The van der Waals surface area contributed by atoms with Crippen LogP contribution in [0.1, 0.15) is 284 Å². The fraction of sp³-hybridized carbons (Fsp3) is 0.712. The first kappa shape index (κ1) is 78.9. The first-order chi connectivity index (χ1) is 40.0. The van der Waals surface area contributed by atoms with Gasteiger partial charge in [0.25, 0.3) is 7.82 Å². The Morgan fingerprint density at radius 1 is 0.439 bits per heavy atom. The van der Waals surface area contributed by atoms with Gasteiger partial charge in [-0.15, -0.1) is 0 Å². The van der Waals surface area contributed by atoms with Gasteiger partial charge in [-0.25, -0.2) is 0 Å². The Balaban J connectivity index is 4.19. The number of amides is 1. The van der Waals surface area contributed by atoms with Crippen molar-refractivity contribution in [2.45, 2.75) is 296 Å². The van der Waals surface area contributed by atoms with Crippen LogP contribution in [0.2, 0.25) is 0 Å². The summed E-state index contributed by atoms with van der Waals surface area (Å²) in [7, 11) is 1.24. The van der Waals surface area contributed by atoms with Crippen LogP contribution < -0.4 is 10.2 Å². The summed E-state index contributed by atoms with van der Waals surface area (Å²) >= 11 is 0. The molecule has 1 amide bonds. The molecule has 0 aromatic rings. The molecule has 472 valence electrons. The molecule has 3 atom stereocenters. The molecule has 0 spiro atoms. The quantitative estimate of drug-likeness (QED) is 0.0272. The molecular weight excluding hydrogens is 1030 g/mol. The number of carbonyl (C=O) groups excluding carboxylic acids is 1. The van der Waals surface area contributed by atoms with Crippen LogP contribution in [0.3, 0.4) is 0 Å². The molecule has 0 heterocycles. The number of unbranched alkanes of at least 4 members (excludes halogenated alkanes) is 30. The summed E-state index contributed by atoms with van der Waals surface area (Å²) < 4.78 is 23.4. The van der Waals surface area contributed by atoms with Crippen LogP contribution in [-0.2, 0) is 18.4 Å². The lowest BCUT2D eigenvalue weighted by atomic mass is 10.0. The summed E-state index contributed by atoms with van der Waals surface area (Å²) in [5.41, 5.74) is 0. The van der Waals surface area contributed by atoms with Crippen molar-refractivity contribution in [2.24, 2.45) is 0 Å². The summed E-state index contributed by atoms with van der Waals surface area (Å²) in [6.45, 7) is 4.54. The SMILES string of the molecule is CC/C=C\C/C=C\C/C=C\C/C=C\C/C=C\C/C=C\C/C=C\C/C=C\C/C=C\CCCCCCCCCC(=O)NC(COP(=O)([O-])OCC[N+](C)(C)C)C(O)/C=C/CCCCCCCCCCCCCCCCCCCCCCCCC. The number of quaternary nitrogens is 1. The van der Waals surface area contributed by atoms with E-state index in [0.717, 1.165) is 109 Å².